The van der Waals surface area contributed by atoms with Gasteiger partial charge < -0.3 is 10.6 Å². The maximum atomic E-state index is 5.79. The van der Waals surface area contributed by atoms with Crippen molar-refractivity contribution in [1.82, 2.24) is 24.7 Å². The summed E-state index contributed by atoms with van der Waals surface area (Å²) in [6.45, 7) is 2.66. The third kappa shape index (κ3) is 3.04. The summed E-state index contributed by atoms with van der Waals surface area (Å²) in [6, 6.07) is 1.81. The van der Waals surface area contributed by atoms with Gasteiger partial charge in [-0.3, -0.25) is 4.68 Å². The standard InChI is InChI=1S/C9H12ClN7/c1-3-11-8-13-7(10)14-9(15-8)12-6-4-5-17(2)16-6/h4-5H,3H2,1-2H3,(H2,11,12,13,14,15,16). The van der Waals surface area contributed by atoms with Crippen molar-refractivity contribution in [1.29, 1.82) is 0 Å². The van der Waals surface area contributed by atoms with Gasteiger partial charge in [0.15, 0.2) is 5.82 Å². The minimum absolute atomic E-state index is 0.134. The zero-order valence-electron chi connectivity index (χ0n) is 9.48. The summed E-state index contributed by atoms with van der Waals surface area (Å²) < 4.78 is 1.68. The first-order valence-electron chi connectivity index (χ1n) is 5.09. The van der Waals surface area contributed by atoms with E-state index in [-0.39, 0.29) is 5.28 Å². The van der Waals surface area contributed by atoms with Crippen molar-refractivity contribution in [3.63, 3.8) is 0 Å². The van der Waals surface area contributed by atoms with Gasteiger partial charge in [0.05, 0.1) is 0 Å². The zero-order chi connectivity index (χ0) is 12.3. The molecule has 2 heterocycles. The second-order valence-electron chi connectivity index (χ2n) is 3.28. The Kier molecular flexibility index (Phi) is 3.38. The number of nitrogens with zero attached hydrogens (tertiary/aromatic N) is 5. The molecule has 90 valence electrons. The van der Waals surface area contributed by atoms with Gasteiger partial charge in [-0.2, -0.15) is 20.1 Å². The van der Waals surface area contributed by atoms with Gasteiger partial charge in [0.1, 0.15) is 0 Å². The number of halogens is 1. The van der Waals surface area contributed by atoms with Crippen molar-refractivity contribution >= 4 is 29.3 Å². The summed E-state index contributed by atoms with van der Waals surface area (Å²) >= 11 is 5.79. The first kappa shape index (κ1) is 11.6. The van der Waals surface area contributed by atoms with Crippen LogP contribution in [0.5, 0.6) is 0 Å². The molecule has 2 rings (SSSR count). The van der Waals surface area contributed by atoms with E-state index in [1.165, 1.54) is 0 Å². The van der Waals surface area contributed by atoms with Crippen LogP contribution in [-0.2, 0) is 7.05 Å². The third-order valence-electron chi connectivity index (χ3n) is 1.90. The van der Waals surface area contributed by atoms with Crippen LogP contribution >= 0.6 is 11.6 Å². The molecular weight excluding hydrogens is 242 g/mol. The molecule has 0 radical (unpaired) electrons. The molecule has 0 aliphatic carbocycles. The molecule has 0 fully saturated rings. The summed E-state index contributed by atoms with van der Waals surface area (Å²) in [5.74, 6) is 1.45. The van der Waals surface area contributed by atoms with Crippen LogP contribution in [0.15, 0.2) is 12.3 Å². The van der Waals surface area contributed by atoms with E-state index in [0.717, 1.165) is 0 Å². The highest BCUT2D eigenvalue weighted by molar-refractivity contribution is 6.28. The predicted octanol–water partition coefficient (Wildman–Crippen LogP) is 1.43. The fourth-order valence-corrected chi connectivity index (χ4v) is 1.40. The largest absolute Gasteiger partial charge is 0.354 e. The molecule has 17 heavy (non-hydrogen) atoms. The van der Waals surface area contributed by atoms with E-state index in [2.05, 4.69) is 30.7 Å². The Bertz CT molecular complexity index is 510. The van der Waals surface area contributed by atoms with Crippen molar-refractivity contribution in [2.24, 2.45) is 7.05 Å². The molecule has 2 N–H and O–H groups in total. The molecule has 0 aliphatic rings. The topological polar surface area (TPSA) is 80.5 Å². The van der Waals surface area contributed by atoms with Crippen LogP contribution in [0.3, 0.4) is 0 Å². The van der Waals surface area contributed by atoms with Crippen LogP contribution < -0.4 is 10.6 Å². The third-order valence-corrected chi connectivity index (χ3v) is 2.07. The van der Waals surface area contributed by atoms with E-state index in [9.17, 15) is 0 Å². The molecular formula is C9H12ClN7. The Labute approximate surface area is 103 Å². The highest BCUT2D eigenvalue weighted by Crippen LogP contribution is 2.13. The number of nitrogens with one attached hydrogen (secondary N) is 2. The lowest BCUT2D eigenvalue weighted by atomic mass is 10.6. The second kappa shape index (κ2) is 4.96. The van der Waals surface area contributed by atoms with Crippen molar-refractivity contribution in [2.45, 2.75) is 6.92 Å². The molecule has 0 saturated carbocycles. The minimum Gasteiger partial charge on any atom is -0.354 e. The molecule has 0 amide bonds. The van der Waals surface area contributed by atoms with E-state index in [1.807, 2.05) is 26.2 Å². The average Bonchev–Trinajstić information content (AvgIpc) is 2.63. The van der Waals surface area contributed by atoms with Gasteiger partial charge in [0.25, 0.3) is 0 Å². The molecule has 7 nitrogen and oxygen atoms in total. The summed E-state index contributed by atoms with van der Waals surface area (Å²) in [7, 11) is 1.83. The number of rotatable bonds is 4. The quantitative estimate of drug-likeness (QED) is 0.858. The molecule has 2 aromatic heterocycles. The zero-order valence-corrected chi connectivity index (χ0v) is 10.2. The summed E-state index contributed by atoms with van der Waals surface area (Å²) in [5.41, 5.74) is 0. The van der Waals surface area contributed by atoms with Crippen LogP contribution in [0.1, 0.15) is 6.92 Å². The molecule has 8 heteroatoms. The normalized spacial score (nSPS) is 10.3. The fourth-order valence-electron chi connectivity index (χ4n) is 1.24. The number of hydrogen-bond acceptors (Lipinski definition) is 6. The van der Waals surface area contributed by atoms with Crippen LogP contribution in [0.4, 0.5) is 17.7 Å². The lowest BCUT2D eigenvalue weighted by molar-refractivity contribution is 0.770. The van der Waals surface area contributed by atoms with E-state index in [0.29, 0.717) is 24.3 Å². The van der Waals surface area contributed by atoms with Gasteiger partial charge in [0.2, 0.25) is 17.2 Å². The molecule has 0 aliphatic heterocycles. The van der Waals surface area contributed by atoms with Crippen molar-refractivity contribution < 1.29 is 0 Å². The van der Waals surface area contributed by atoms with Crippen molar-refractivity contribution in [3.8, 4) is 0 Å². The highest BCUT2D eigenvalue weighted by atomic mass is 35.5. The highest BCUT2D eigenvalue weighted by Gasteiger charge is 2.05. The average molecular weight is 254 g/mol. The van der Waals surface area contributed by atoms with Crippen LogP contribution in [0.2, 0.25) is 5.28 Å². The maximum Gasteiger partial charge on any atom is 0.234 e. The van der Waals surface area contributed by atoms with E-state index < -0.39 is 0 Å². The van der Waals surface area contributed by atoms with Gasteiger partial charge in [-0.25, -0.2) is 0 Å². The first-order chi connectivity index (χ1) is 8.17. The SMILES string of the molecule is CCNc1nc(Cl)nc(Nc2ccn(C)n2)n1. The van der Waals surface area contributed by atoms with Gasteiger partial charge >= 0.3 is 0 Å². The Morgan fingerprint density at radius 3 is 2.71 bits per heavy atom. The van der Waals surface area contributed by atoms with E-state index >= 15 is 0 Å². The summed E-state index contributed by atoms with van der Waals surface area (Å²) in [5, 5.41) is 10.2. The lowest BCUT2D eigenvalue weighted by Gasteiger charge is -2.04. The van der Waals surface area contributed by atoms with Crippen molar-refractivity contribution in [2.75, 3.05) is 17.2 Å². The maximum absolute atomic E-state index is 5.79. The van der Waals surface area contributed by atoms with Gasteiger partial charge in [-0.15, -0.1) is 0 Å². The van der Waals surface area contributed by atoms with Gasteiger partial charge in [-0.05, 0) is 18.5 Å². The molecule has 0 atom stereocenters. The Balaban J connectivity index is 2.20. The number of aromatic nitrogens is 5. The Morgan fingerprint density at radius 1 is 1.29 bits per heavy atom. The Morgan fingerprint density at radius 2 is 2.06 bits per heavy atom. The van der Waals surface area contributed by atoms with Crippen LogP contribution in [0.25, 0.3) is 0 Å². The smallest absolute Gasteiger partial charge is 0.234 e. The number of aryl methyl sites for hydroxylation is 1. The molecule has 0 saturated heterocycles. The first-order valence-corrected chi connectivity index (χ1v) is 5.47. The Hall–Kier alpha value is -1.89. The molecule has 0 unspecified atom stereocenters. The van der Waals surface area contributed by atoms with Crippen LogP contribution in [0, 0.1) is 0 Å². The number of anilines is 3. The molecule has 0 spiro atoms. The molecule has 2 aromatic rings. The summed E-state index contributed by atoms with van der Waals surface area (Å²) in [6.07, 6.45) is 1.82. The van der Waals surface area contributed by atoms with Crippen LogP contribution in [-0.4, -0.2) is 31.3 Å². The second-order valence-corrected chi connectivity index (χ2v) is 3.62. The van der Waals surface area contributed by atoms with Crippen molar-refractivity contribution in [3.05, 3.63) is 17.5 Å². The van der Waals surface area contributed by atoms with E-state index in [1.54, 1.807) is 4.68 Å². The molecule has 0 bridgehead atoms. The summed E-state index contributed by atoms with van der Waals surface area (Å²) in [4.78, 5) is 12.1. The fraction of sp³-hybridized carbons (Fsp3) is 0.333. The predicted molar refractivity (Wildman–Crippen MR) is 65.5 cm³/mol. The number of hydrogen-bond donors (Lipinski definition) is 2. The minimum atomic E-state index is 0.134. The van der Waals surface area contributed by atoms with Gasteiger partial charge in [0, 0.05) is 25.9 Å². The monoisotopic (exact) mass is 253 g/mol. The lowest BCUT2D eigenvalue weighted by Crippen LogP contribution is -2.06. The van der Waals surface area contributed by atoms with E-state index in [4.69, 9.17) is 11.6 Å². The van der Waals surface area contributed by atoms with Gasteiger partial charge in [-0.1, -0.05) is 0 Å². The molecule has 0 aromatic carbocycles.